The summed E-state index contributed by atoms with van der Waals surface area (Å²) in [5, 5.41) is 3.28. The van der Waals surface area contributed by atoms with Crippen molar-refractivity contribution in [1.82, 2.24) is 5.32 Å². The van der Waals surface area contributed by atoms with Crippen molar-refractivity contribution >= 4 is 0 Å². The summed E-state index contributed by atoms with van der Waals surface area (Å²) in [5.41, 5.74) is 3.08. The molecule has 0 spiro atoms. The minimum absolute atomic E-state index is 0.159. The molecule has 0 saturated heterocycles. The number of benzene rings is 2. The highest BCUT2D eigenvalue weighted by Gasteiger charge is 2.22. The molecule has 2 aromatic rings. The molecule has 0 bridgehead atoms. The lowest BCUT2D eigenvalue weighted by Gasteiger charge is -2.15. The molecule has 3 rings (SSSR count). The van der Waals surface area contributed by atoms with Crippen LogP contribution in [0.4, 0.5) is 8.78 Å². The standard InChI is InChI=1S/C18H19F2N/c1-12(17-9-8-16(19)10-18(17)20)21-11-13-2-4-14(5-3-13)15-6-7-15/h2-5,8-10,12,15,21H,6-7,11H2,1H3. The third-order valence-electron chi connectivity index (χ3n) is 4.07. The van der Waals surface area contributed by atoms with Crippen LogP contribution in [-0.4, -0.2) is 0 Å². The van der Waals surface area contributed by atoms with Gasteiger partial charge in [0.25, 0.3) is 0 Å². The molecule has 0 heterocycles. The molecule has 0 aliphatic heterocycles. The Balaban J connectivity index is 1.60. The lowest BCUT2D eigenvalue weighted by Crippen LogP contribution is -2.19. The molecule has 1 nitrogen and oxygen atoms in total. The zero-order valence-electron chi connectivity index (χ0n) is 12.1. The van der Waals surface area contributed by atoms with Crippen LogP contribution in [-0.2, 0) is 6.54 Å². The second-order valence-corrected chi connectivity index (χ2v) is 5.78. The Kier molecular flexibility index (Phi) is 4.02. The molecular weight excluding hydrogens is 268 g/mol. The van der Waals surface area contributed by atoms with E-state index in [1.807, 2.05) is 6.92 Å². The third kappa shape index (κ3) is 3.48. The summed E-state index contributed by atoms with van der Waals surface area (Å²) in [7, 11) is 0. The average molecular weight is 287 g/mol. The first kappa shape index (κ1) is 14.2. The predicted molar refractivity (Wildman–Crippen MR) is 80.0 cm³/mol. The van der Waals surface area contributed by atoms with Crippen molar-refractivity contribution in [1.29, 1.82) is 0 Å². The topological polar surface area (TPSA) is 12.0 Å². The Hall–Kier alpha value is -1.74. The Bertz CT molecular complexity index is 618. The number of halogens is 2. The largest absolute Gasteiger partial charge is 0.306 e. The van der Waals surface area contributed by atoms with Crippen molar-refractivity contribution in [3.63, 3.8) is 0 Å². The van der Waals surface area contributed by atoms with Gasteiger partial charge in [-0.2, -0.15) is 0 Å². The van der Waals surface area contributed by atoms with Crippen LogP contribution in [0.5, 0.6) is 0 Å². The van der Waals surface area contributed by atoms with Gasteiger partial charge in [-0.15, -0.1) is 0 Å². The number of rotatable bonds is 5. The van der Waals surface area contributed by atoms with Crippen LogP contribution in [0.2, 0.25) is 0 Å². The number of hydrogen-bond acceptors (Lipinski definition) is 1. The molecule has 1 fully saturated rings. The van der Waals surface area contributed by atoms with Gasteiger partial charge in [0.1, 0.15) is 11.6 Å². The van der Waals surface area contributed by atoms with Gasteiger partial charge < -0.3 is 5.32 Å². The monoisotopic (exact) mass is 287 g/mol. The van der Waals surface area contributed by atoms with Crippen LogP contribution in [0.15, 0.2) is 42.5 Å². The molecule has 110 valence electrons. The molecule has 1 saturated carbocycles. The van der Waals surface area contributed by atoms with Crippen LogP contribution >= 0.6 is 0 Å². The maximum Gasteiger partial charge on any atom is 0.130 e. The maximum absolute atomic E-state index is 13.7. The van der Waals surface area contributed by atoms with E-state index >= 15 is 0 Å². The molecular formula is C18H19F2N. The molecule has 1 unspecified atom stereocenters. The lowest BCUT2D eigenvalue weighted by atomic mass is 10.1. The van der Waals surface area contributed by atoms with Gasteiger partial charge in [-0.1, -0.05) is 30.3 Å². The van der Waals surface area contributed by atoms with Gasteiger partial charge in [-0.05, 0) is 42.9 Å². The van der Waals surface area contributed by atoms with E-state index in [0.29, 0.717) is 12.1 Å². The molecule has 1 N–H and O–H groups in total. The fraction of sp³-hybridized carbons (Fsp3) is 0.333. The van der Waals surface area contributed by atoms with Gasteiger partial charge in [0.05, 0.1) is 0 Å². The van der Waals surface area contributed by atoms with E-state index in [4.69, 9.17) is 0 Å². The van der Waals surface area contributed by atoms with Crippen molar-refractivity contribution in [2.45, 2.75) is 38.3 Å². The van der Waals surface area contributed by atoms with E-state index in [2.05, 4.69) is 29.6 Å². The van der Waals surface area contributed by atoms with E-state index in [9.17, 15) is 8.78 Å². The minimum atomic E-state index is -0.542. The second kappa shape index (κ2) is 5.94. The van der Waals surface area contributed by atoms with E-state index in [0.717, 1.165) is 12.0 Å². The first-order valence-electron chi connectivity index (χ1n) is 7.40. The molecule has 21 heavy (non-hydrogen) atoms. The fourth-order valence-corrected chi connectivity index (χ4v) is 2.56. The summed E-state index contributed by atoms with van der Waals surface area (Å²) >= 11 is 0. The smallest absolute Gasteiger partial charge is 0.130 e. The van der Waals surface area contributed by atoms with Gasteiger partial charge >= 0.3 is 0 Å². The molecule has 2 aromatic carbocycles. The predicted octanol–water partition coefficient (Wildman–Crippen LogP) is 4.69. The maximum atomic E-state index is 13.7. The third-order valence-corrected chi connectivity index (χ3v) is 4.07. The van der Waals surface area contributed by atoms with Crippen LogP contribution in [0, 0.1) is 11.6 Å². The summed E-state index contributed by atoms with van der Waals surface area (Å²) in [4.78, 5) is 0. The zero-order chi connectivity index (χ0) is 14.8. The van der Waals surface area contributed by atoms with Crippen molar-refractivity contribution in [2.75, 3.05) is 0 Å². The van der Waals surface area contributed by atoms with Crippen LogP contribution in [0.25, 0.3) is 0 Å². The first-order valence-corrected chi connectivity index (χ1v) is 7.40. The molecule has 0 radical (unpaired) electrons. The SMILES string of the molecule is CC(NCc1ccc(C2CC2)cc1)c1ccc(F)cc1F. The molecule has 1 aliphatic rings. The van der Waals surface area contributed by atoms with Gasteiger partial charge in [0, 0.05) is 24.2 Å². The van der Waals surface area contributed by atoms with Crippen molar-refractivity contribution in [2.24, 2.45) is 0 Å². The van der Waals surface area contributed by atoms with E-state index in [-0.39, 0.29) is 6.04 Å². The highest BCUT2D eigenvalue weighted by Crippen LogP contribution is 2.39. The van der Waals surface area contributed by atoms with Crippen LogP contribution < -0.4 is 5.32 Å². The highest BCUT2D eigenvalue weighted by molar-refractivity contribution is 5.28. The second-order valence-electron chi connectivity index (χ2n) is 5.78. The Morgan fingerprint density at radius 1 is 1.10 bits per heavy atom. The minimum Gasteiger partial charge on any atom is -0.306 e. The number of nitrogens with one attached hydrogen (secondary N) is 1. The summed E-state index contributed by atoms with van der Waals surface area (Å²) < 4.78 is 26.6. The molecule has 1 atom stereocenters. The molecule has 0 amide bonds. The Labute approximate surface area is 124 Å². The Morgan fingerprint density at radius 2 is 1.81 bits per heavy atom. The Morgan fingerprint density at radius 3 is 2.43 bits per heavy atom. The summed E-state index contributed by atoms with van der Waals surface area (Å²) in [6.45, 7) is 2.55. The lowest BCUT2D eigenvalue weighted by molar-refractivity contribution is 0.518. The summed E-state index contributed by atoms with van der Waals surface area (Å²) in [6, 6.07) is 12.2. The molecule has 3 heteroatoms. The van der Waals surface area contributed by atoms with Crippen LogP contribution in [0.1, 0.15) is 48.4 Å². The molecule has 0 aromatic heterocycles. The normalized spacial score (nSPS) is 16.0. The van der Waals surface area contributed by atoms with E-state index in [1.54, 1.807) is 0 Å². The summed E-state index contributed by atoms with van der Waals surface area (Å²) in [6.07, 6.45) is 2.61. The van der Waals surface area contributed by atoms with Crippen molar-refractivity contribution < 1.29 is 8.78 Å². The van der Waals surface area contributed by atoms with Crippen molar-refractivity contribution in [3.05, 3.63) is 70.8 Å². The first-order chi connectivity index (χ1) is 10.1. The van der Waals surface area contributed by atoms with Crippen LogP contribution in [0.3, 0.4) is 0 Å². The van der Waals surface area contributed by atoms with E-state index in [1.165, 1.54) is 36.1 Å². The summed E-state index contributed by atoms with van der Waals surface area (Å²) in [5.74, 6) is -0.280. The van der Waals surface area contributed by atoms with Gasteiger partial charge in [0.15, 0.2) is 0 Å². The van der Waals surface area contributed by atoms with E-state index < -0.39 is 11.6 Å². The fourth-order valence-electron chi connectivity index (χ4n) is 2.56. The quantitative estimate of drug-likeness (QED) is 0.841. The molecule has 1 aliphatic carbocycles. The zero-order valence-corrected chi connectivity index (χ0v) is 12.1. The van der Waals surface area contributed by atoms with Gasteiger partial charge in [0.2, 0.25) is 0 Å². The highest BCUT2D eigenvalue weighted by atomic mass is 19.1. The van der Waals surface area contributed by atoms with Gasteiger partial charge in [-0.3, -0.25) is 0 Å². The average Bonchev–Trinajstić information content (AvgIpc) is 3.30. The van der Waals surface area contributed by atoms with Gasteiger partial charge in [-0.25, -0.2) is 8.78 Å². The number of hydrogen-bond donors (Lipinski definition) is 1. The van der Waals surface area contributed by atoms with Crippen molar-refractivity contribution in [3.8, 4) is 0 Å².